The first-order valence-electron chi connectivity index (χ1n) is 9.28. The van der Waals surface area contributed by atoms with E-state index < -0.39 is 11.8 Å². The van der Waals surface area contributed by atoms with Gasteiger partial charge in [-0.2, -0.15) is 4.63 Å². The summed E-state index contributed by atoms with van der Waals surface area (Å²) in [5, 5.41) is 10.1. The van der Waals surface area contributed by atoms with E-state index in [2.05, 4.69) is 20.5 Å². The highest BCUT2D eigenvalue weighted by atomic mass is 19.1. The van der Waals surface area contributed by atoms with Gasteiger partial charge in [-0.3, -0.25) is 5.10 Å². The van der Waals surface area contributed by atoms with Gasteiger partial charge in [-0.05, 0) is 50.2 Å². The van der Waals surface area contributed by atoms with Crippen LogP contribution >= 0.6 is 0 Å². The fourth-order valence-corrected chi connectivity index (χ4v) is 2.81. The summed E-state index contributed by atoms with van der Waals surface area (Å²) in [6.45, 7) is 3.57. The molecule has 0 radical (unpaired) electrons. The Balaban J connectivity index is 1.25. The molecule has 0 atom stereocenters. The van der Waals surface area contributed by atoms with Crippen LogP contribution in [0.15, 0.2) is 48.5 Å². The summed E-state index contributed by atoms with van der Waals surface area (Å²) in [5.74, 6) is -0.423. The van der Waals surface area contributed by atoms with Crippen LogP contribution in [0.3, 0.4) is 0 Å². The van der Waals surface area contributed by atoms with Crippen LogP contribution in [0.4, 0.5) is 10.1 Å². The Bertz CT molecular complexity index is 1170. The Morgan fingerprint density at radius 1 is 1.13 bits per heavy atom. The molecule has 9 heteroatoms. The minimum atomic E-state index is -0.435. The van der Waals surface area contributed by atoms with E-state index in [9.17, 15) is 9.18 Å². The number of H-pyrrole nitrogens is 1. The van der Waals surface area contributed by atoms with Crippen LogP contribution in [-0.2, 0) is 9.47 Å². The molecule has 8 nitrogen and oxygen atoms in total. The van der Waals surface area contributed by atoms with Gasteiger partial charge in [-0.25, -0.2) is 14.2 Å². The predicted molar refractivity (Wildman–Crippen MR) is 109 cm³/mol. The lowest BCUT2D eigenvalue weighted by Crippen LogP contribution is -2.13. The molecule has 0 bridgehead atoms. The summed E-state index contributed by atoms with van der Waals surface area (Å²) in [6.07, 6.45) is 0. The number of ether oxygens (including phenoxy) is 2. The highest BCUT2D eigenvalue weighted by molar-refractivity contribution is 5.89. The number of hydrogen-bond donors (Lipinski definition) is 2. The summed E-state index contributed by atoms with van der Waals surface area (Å²) in [7, 11) is 0. The largest absolute Gasteiger partial charge is 0.435 e. The molecule has 2 heterocycles. The zero-order chi connectivity index (χ0) is 21.1. The molecule has 0 aliphatic rings. The van der Waals surface area contributed by atoms with E-state index >= 15 is 0 Å². The molecule has 4 rings (SSSR count). The van der Waals surface area contributed by atoms with Crippen LogP contribution in [0.2, 0.25) is 0 Å². The molecule has 0 spiro atoms. The lowest BCUT2D eigenvalue weighted by Gasteiger charge is -2.09. The number of halogens is 1. The number of carbonyl (C=O) groups excluding carboxylic acids is 1. The highest BCUT2D eigenvalue weighted by Gasteiger charge is 2.14. The maximum atomic E-state index is 13.9. The smallest absolute Gasteiger partial charge is 0.340 e. The average molecular weight is 409 g/mol. The summed E-state index contributed by atoms with van der Waals surface area (Å²) >= 11 is 0. The number of nitrogens with one attached hydrogen (secondary N) is 2. The first-order valence-corrected chi connectivity index (χ1v) is 9.28. The van der Waals surface area contributed by atoms with Crippen molar-refractivity contribution < 1.29 is 18.7 Å². The second-order valence-corrected chi connectivity index (χ2v) is 6.74. The van der Waals surface area contributed by atoms with E-state index in [1.807, 2.05) is 43.3 Å². The Morgan fingerprint density at radius 2 is 1.87 bits per heavy atom. The van der Waals surface area contributed by atoms with E-state index in [4.69, 9.17) is 9.47 Å². The third kappa shape index (κ3) is 4.15. The van der Waals surface area contributed by atoms with Gasteiger partial charge in [-0.15, -0.1) is 5.10 Å². The van der Waals surface area contributed by atoms with E-state index in [1.165, 1.54) is 4.63 Å². The molecular formula is C21H20FN5O3. The second kappa shape index (κ2) is 8.34. The molecule has 154 valence electrons. The third-order valence-electron chi connectivity index (χ3n) is 4.49. The quantitative estimate of drug-likeness (QED) is 0.275. The number of aryl methyl sites for hydroxylation is 2. The number of hydrogen-bond acceptors (Lipinski definition) is 6. The lowest BCUT2D eigenvalue weighted by molar-refractivity contribution is -0.0259. The van der Waals surface area contributed by atoms with Gasteiger partial charge in [0.25, 0.3) is 0 Å². The van der Waals surface area contributed by atoms with Gasteiger partial charge in [0.2, 0.25) is 5.65 Å². The van der Waals surface area contributed by atoms with E-state index in [1.54, 1.807) is 19.1 Å². The number of fused-ring (bicyclic) bond motifs is 1. The zero-order valence-corrected chi connectivity index (χ0v) is 16.5. The number of aromatic amines is 1. The maximum absolute atomic E-state index is 13.9. The minimum absolute atomic E-state index is 0.159. The Morgan fingerprint density at radius 3 is 2.57 bits per heavy atom. The molecule has 2 N–H and O–H groups in total. The van der Waals surface area contributed by atoms with Crippen molar-refractivity contribution in [2.45, 2.75) is 13.8 Å². The third-order valence-corrected chi connectivity index (χ3v) is 4.49. The van der Waals surface area contributed by atoms with Crippen LogP contribution in [-0.4, -0.2) is 39.3 Å². The zero-order valence-electron chi connectivity index (χ0n) is 16.5. The van der Waals surface area contributed by atoms with Gasteiger partial charge in [0, 0.05) is 11.3 Å². The molecule has 0 saturated heterocycles. The molecule has 0 unspecified atom stereocenters. The number of carbonyl (C=O) groups is 1. The topological polar surface area (TPSA) is 93.5 Å². The van der Waals surface area contributed by atoms with Crippen molar-refractivity contribution in [1.29, 1.82) is 0 Å². The van der Waals surface area contributed by atoms with E-state index in [0.717, 1.165) is 16.8 Å². The van der Waals surface area contributed by atoms with Crippen molar-refractivity contribution in [1.82, 2.24) is 19.8 Å². The Kier molecular flexibility index (Phi) is 5.44. The SMILES string of the molecule is Cc1ccc(C(=O)OCOCNc2ccc(-c3nc4c(F)c(C)[nH]n4n3)cc2)cc1. The summed E-state index contributed by atoms with van der Waals surface area (Å²) < 4.78 is 25.6. The molecule has 0 aliphatic heterocycles. The molecule has 0 fully saturated rings. The van der Waals surface area contributed by atoms with Crippen molar-refractivity contribution in [2.24, 2.45) is 0 Å². The van der Waals surface area contributed by atoms with Gasteiger partial charge in [0.1, 0.15) is 6.73 Å². The molecule has 2 aromatic heterocycles. The van der Waals surface area contributed by atoms with Crippen LogP contribution in [0.1, 0.15) is 21.6 Å². The van der Waals surface area contributed by atoms with Crippen LogP contribution < -0.4 is 5.32 Å². The normalized spacial score (nSPS) is 11.0. The molecule has 4 aromatic rings. The minimum Gasteiger partial charge on any atom is -0.435 e. The number of aromatic nitrogens is 4. The molecule has 0 amide bonds. The number of rotatable bonds is 7. The maximum Gasteiger partial charge on any atom is 0.340 e. The highest BCUT2D eigenvalue weighted by Crippen LogP contribution is 2.20. The summed E-state index contributed by atoms with van der Waals surface area (Å²) in [5.41, 5.74) is 3.66. The molecule has 2 aromatic carbocycles. The Labute approximate surface area is 171 Å². The molecule has 0 saturated carbocycles. The van der Waals surface area contributed by atoms with Gasteiger partial charge < -0.3 is 14.8 Å². The summed E-state index contributed by atoms with van der Waals surface area (Å²) in [6, 6.07) is 14.4. The van der Waals surface area contributed by atoms with Gasteiger partial charge in [0.05, 0.1) is 11.3 Å². The number of esters is 1. The van der Waals surface area contributed by atoms with Crippen LogP contribution in [0, 0.1) is 19.7 Å². The van der Waals surface area contributed by atoms with Crippen molar-refractivity contribution >= 4 is 17.3 Å². The van der Waals surface area contributed by atoms with Crippen molar-refractivity contribution in [2.75, 3.05) is 18.8 Å². The van der Waals surface area contributed by atoms with Crippen LogP contribution in [0.25, 0.3) is 17.0 Å². The number of anilines is 1. The Hall–Kier alpha value is -3.72. The fourth-order valence-electron chi connectivity index (χ4n) is 2.81. The number of nitrogens with zero attached hydrogens (tertiary/aromatic N) is 3. The molecule has 30 heavy (non-hydrogen) atoms. The number of benzene rings is 2. The molecular weight excluding hydrogens is 389 g/mol. The fraction of sp³-hybridized carbons (Fsp3) is 0.190. The van der Waals surface area contributed by atoms with Gasteiger partial charge in [0.15, 0.2) is 18.4 Å². The standard InChI is InChI=1S/C21H20FN5O3/c1-13-3-5-16(6-4-13)21(28)30-12-29-11-23-17-9-7-15(8-10-17)19-24-20-18(22)14(2)25-27(20)26-19/h3-10,23,25H,11-12H2,1-2H3. The first-order chi connectivity index (χ1) is 14.5. The van der Waals surface area contributed by atoms with E-state index in [0.29, 0.717) is 17.1 Å². The molecule has 0 aliphatic carbocycles. The predicted octanol–water partition coefficient (Wildman–Crippen LogP) is 3.68. The van der Waals surface area contributed by atoms with E-state index in [-0.39, 0.29) is 19.2 Å². The summed E-state index contributed by atoms with van der Waals surface area (Å²) in [4.78, 5) is 16.1. The van der Waals surface area contributed by atoms with Crippen molar-refractivity contribution in [3.8, 4) is 11.4 Å². The van der Waals surface area contributed by atoms with Crippen molar-refractivity contribution in [3.63, 3.8) is 0 Å². The monoisotopic (exact) mass is 409 g/mol. The van der Waals surface area contributed by atoms with Gasteiger partial charge >= 0.3 is 5.97 Å². The van der Waals surface area contributed by atoms with Crippen LogP contribution in [0.5, 0.6) is 0 Å². The van der Waals surface area contributed by atoms with Gasteiger partial charge in [-0.1, -0.05) is 17.7 Å². The lowest BCUT2D eigenvalue weighted by atomic mass is 10.2. The van der Waals surface area contributed by atoms with Crippen molar-refractivity contribution in [3.05, 3.63) is 71.2 Å². The second-order valence-electron chi connectivity index (χ2n) is 6.74. The first kappa shape index (κ1) is 19.6. The average Bonchev–Trinajstić information content (AvgIpc) is 3.27.